The van der Waals surface area contributed by atoms with Crippen LogP contribution in [-0.4, -0.2) is 49.3 Å². The van der Waals surface area contributed by atoms with Gasteiger partial charge in [-0.15, -0.1) is 0 Å². The number of rotatable bonds is 4. The molecule has 0 amide bonds. The molecular formula is C22H25Br2N3O2. The van der Waals surface area contributed by atoms with Gasteiger partial charge in [0.15, 0.2) is 17.3 Å². The third kappa shape index (κ3) is 3.40. The molecule has 4 heterocycles. The Bertz CT molecular complexity index is 886. The third-order valence-electron chi connectivity index (χ3n) is 6.79. The molecule has 29 heavy (non-hydrogen) atoms. The largest absolute Gasteiger partial charge is 0.451 e. The average molecular weight is 523 g/mol. The lowest BCUT2D eigenvalue weighted by molar-refractivity contribution is 0.130. The van der Waals surface area contributed by atoms with Crippen LogP contribution in [0.3, 0.4) is 0 Å². The van der Waals surface area contributed by atoms with Gasteiger partial charge in [-0.2, -0.15) is 0 Å². The number of anilines is 2. The fourth-order valence-electron chi connectivity index (χ4n) is 4.92. The minimum atomic E-state index is 0.283. The average Bonchev–Trinajstić information content (AvgIpc) is 3.07. The lowest BCUT2D eigenvalue weighted by Crippen LogP contribution is -2.34. The first-order valence-electron chi connectivity index (χ1n) is 10.1. The number of halogens is 2. The molecule has 1 aromatic carbocycles. The number of pyridine rings is 1. The smallest absolute Gasteiger partial charge is 0.176 e. The Kier molecular flexibility index (Phi) is 4.93. The fraction of sp³-hybridized carbons (Fsp3) is 0.500. The van der Waals surface area contributed by atoms with Crippen LogP contribution in [0.25, 0.3) is 0 Å². The van der Waals surface area contributed by atoms with Crippen LogP contribution in [-0.2, 0) is 4.74 Å². The Morgan fingerprint density at radius 3 is 2.48 bits per heavy atom. The summed E-state index contributed by atoms with van der Waals surface area (Å²) < 4.78 is 13.9. The van der Waals surface area contributed by atoms with Crippen LogP contribution >= 0.6 is 31.9 Å². The third-order valence-corrected chi connectivity index (χ3v) is 7.71. The molecule has 5 nitrogen and oxygen atoms in total. The van der Waals surface area contributed by atoms with Crippen molar-refractivity contribution in [1.82, 2.24) is 9.88 Å². The minimum absolute atomic E-state index is 0.283. The van der Waals surface area contributed by atoms with Crippen LogP contribution < -0.4 is 9.64 Å². The molecule has 3 aliphatic heterocycles. The van der Waals surface area contributed by atoms with E-state index in [1.54, 1.807) is 0 Å². The second-order valence-electron chi connectivity index (χ2n) is 9.02. The summed E-state index contributed by atoms with van der Waals surface area (Å²) in [5, 5.41) is 0. The molecule has 1 aromatic heterocycles. The molecule has 0 bridgehead atoms. The van der Waals surface area contributed by atoms with Gasteiger partial charge in [-0.05, 0) is 47.1 Å². The number of ether oxygens (including phenoxy) is 2. The predicted octanol–water partition coefficient (Wildman–Crippen LogP) is 5.60. The van der Waals surface area contributed by atoms with E-state index in [2.05, 4.69) is 72.6 Å². The second-order valence-corrected chi connectivity index (χ2v) is 10.9. The Morgan fingerprint density at radius 2 is 1.72 bits per heavy atom. The Morgan fingerprint density at radius 1 is 1.00 bits per heavy atom. The Labute approximate surface area is 188 Å². The molecule has 0 spiro atoms. The van der Waals surface area contributed by atoms with Crippen molar-refractivity contribution in [3.8, 4) is 11.5 Å². The van der Waals surface area contributed by atoms with Gasteiger partial charge in [0.25, 0.3) is 0 Å². The van der Waals surface area contributed by atoms with E-state index in [0.717, 1.165) is 77.8 Å². The van der Waals surface area contributed by atoms with E-state index in [-0.39, 0.29) is 10.8 Å². The topological polar surface area (TPSA) is 37.8 Å². The highest BCUT2D eigenvalue weighted by molar-refractivity contribution is 9.10. The number of benzene rings is 1. The maximum Gasteiger partial charge on any atom is 0.176 e. The maximum absolute atomic E-state index is 6.14. The normalized spacial score (nSPS) is 28.1. The summed E-state index contributed by atoms with van der Waals surface area (Å²) in [4.78, 5) is 9.55. The van der Waals surface area contributed by atoms with Gasteiger partial charge in [0.05, 0.1) is 18.9 Å². The summed E-state index contributed by atoms with van der Waals surface area (Å²) in [5.41, 5.74) is 1.64. The van der Waals surface area contributed by atoms with Crippen molar-refractivity contribution in [1.29, 1.82) is 0 Å². The van der Waals surface area contributed by atoms with Crippen LogP contribution in [0.2, 0.25) is 0 Å². The monoisotopic (exact) mass is 521 g/mol. The molecule has 2 atom stereocenters. The number of fused-ring (bicyclic) bond motifs is 3. The molecule has 0 N–H and O–H groups in total. The van der Waals surface area contributed by atoms with Gasteiger partial charge in [0.2, 0.25) is 0 Å². The number of aromatic nitrogens is 1. The van der Waals surface area contributed by atoms with Crippen LogP contribution in [0.4, 0.5) is 11.5 Å². The van der Waals surface area contributed by atoms with Crippen molar-refractivity contribution in [3.05, 3.63) is 39.4 Å². The van der Waals surface area contributed by atoms with E-state index in [1.165, 1.54) is 0 Å². The van der Waals surface area contributed by atoms with Crippen molar-refractivity contribution in [2.75, 3.05) is 44.3 Å². The number of nitrogens with zero attached hydrogens (tertiary/aromatic N) is 3. The summed E-state index contributed by atoms with van der Waals surface area (Å²) in [6.45, 7) is 10.8. The van der Waals surface area contributed by atoms with Crippen molar-refractivity contribution >= 4 is 43.4 Å². The van der Waals surface area contributed by atoms with Crippen molar-refractivity contribution in [3.63, 3.8) is 0 Å². The summed E-state index contributed by atoms with van der Waals surface area (Å²) in [7, 11) is 0. The van der Waals surface area contributed by atoms with Crippen LogP contribution in [0, 0.1) is 10.8 Å². The summed E-state index contributed by atoms with van der Waals surface area (Å²) in [6, 6.07) is 8.17. The lowest BCUT2D eigenvalue weighted by Gasteiger charge is -2.32. The highest BCUT2D eigenvalue weighted by Gasteiger charge is 2.55. The van der Waals surface area contributed by atoms with Crippen LogP contribution in [0.1, 0.15) is 20.3 Å². The molecule has 0 unspecified atom stereocenters. The molecule has 154 valence electrons. The molecule has 2 saturated heterocycles. The van der Waals surface area contributed by atoms with Crippen molar-refractivity contribution in [2.24, 2.45) is 10.8 Å². The SMILES string of the molecule is C[C@@]12COC[C@]1(C)CN(CCCN1c3ccc(Br)cc3Oc3cc(Br)cnc31)C2. The Hall–Kier alpha value is -1.15. The van der Waals surface area contributed by atoms with Crippen molar-refractivity contribution < 1.29 is 9.47 Å². The molecule has 0 aliphatic carbocycles. The van der Waals surface area contributed by atoms with E-state index in [4.69, 9.17) is 9.47 Å². The molecule has 7 heteroatoms. The van der Waals surface area contributed by atoms with Gasteiger partial charge >= 0.3 is 0 Å². The molecule has 3 aliphatic rings. The van der Waals surface area contributed by atoms with Gasteiger partial charge in [0, 0.05) is 51.7 Å². The first-order chi connectivity index (χ1) is 13.9. The van der Waals surface area contributed by atoms with E-state index < -0.39 is 0 Å². The van der Waals surface area contributed by atoms with Crippen molar-refractivity contribution in [2.45, 2.75) is 20.3 Å². The molecule has 2 fully saturated rings. The molecular weight excluding hydrogens is 498 g/mol. The molecule has 0 radical (unpaired) electrons. The minimum Gasteiger partial charge on any atom is -0.451 e. The van der Waals surface area contributed by atoms with Gasteiger partial charge in [-0.1, -0.05) is 29.8 Å². The van der Waals surface area contributed by atoms with Gasteiger partial charge < -0.3 is 19.3 Å². The lowest BCUT2D eigenvalue weighted by atomic mass is 9.71. The van der Waals surface area contributed by atoms with Gasteiger partial charge in [0.1, 0.15) is 0 Å². The van der Waals surface area contributed by atoms with Crippen LogP contribution in [0.15, 0.2) is 39.4 Å². The Balaban J connectivity index is 1.33. The molecule has 0 saturated carbocycles. The summed E-state index contributed by atoms with van der Waals surface area (Å²) in [5.74, 6) is 2.53. The van der Waals surface area contributed by atoms with Crippen LogP contribution in [0.5, 0.6) is 11.5 Å². The van der Waals surface area contributed by atoms with E-state index in [1.807, 2.05) is 18.3 Å². The van der Waals surface area contributed by atoms with E-state index in [0.29, 0.717) is 0 Å². The summed E-state index contributed by atoms with van der Waals surface area (Å²) >= 11 is 7.06. The zero-order valence-corrected chi connectivity index (χ0v) is 19.9. The second kappa shape index (κ2) is 7.22. The number of hydrogen-bond donors (Lipinski definition) is 0. The predicted molar refractivity (Wildman–Crippen MR) is 121 cm³/mol. The van der Waals surface area contributed by atoms with E-state index >= 15 is 0 Å². The number of hydrogen-bond acceptors (Lipinski definition) is 5. The highest BCUT2D eigenvalue weighted by atomic mass is 79.9. The first kappa shape index (κ1) is 19.8. The quantitative estimate of drug-likeness (QED) is 0.522. The first-order valence-corrected chi connectivity index (χ1v) is 11.7. The highest BCUT2D eigenvalue weighted by Crippen LogP contribution is 2.51. The summed E-state index contributed by atoms with van der Waals surface area (Å²) in [6.07, 6.45) is 2.90. The zero-order valence-electron chi connectivity index (χ0n) is 16.8. The molecule has 5 rings (SSSR count). The fourth-order valence-corrected chi connectivity index (χ4v) is 5.57. The zero-order chi connectivity index (χ0) is 20.2. The van der Waals surface area contributed by atoms with E-state index in [9.17, 15) is 0 Å². The number of likely N-dealkylation sites (tertiary alicyclic amines) is 1. The van der Waals surface area contributed by atoms with Gasteiger partial charge in [-0.3, -0.25) is 0 Å². The van der Waals surface area contributed by atoms with Gasteiger partial charge in [-0.25, -0.2) is 4.98 Å². The molecule has 2 aromatic rings. The standard InChI is InChI=1S/C22H25Br2N3O2/c1-21-11-26(12-22(21,2)14-28-13-21)6-3-7-27-17-5-4-15(23)8-18(17)29-19-9-16(24)10-25-20(19)27/h4-5,8-10H,3,6-7,11-14H2,1-2H3/t21-,22+. The maximum atomic E-state index is 6.14.